The van der Waals surface area contributed by atoms with Gasteiger partial charge in [0, 0.05) is 28.9 Å². The lowest BCUT2D eigenvalue weighted by molar-refractivity contribution is 0.0904. The van der Waals surface area contributed by atoms with Crippen molar-refractivity contribution in [2.45, 2.75) is 51.5 Å². The first-order valence-electron chi connectivity index (χ1n) is 12.2. The van der Waals surface area contributed by atoms with Gasteiger partial charge in [0.05, 0.1) is 6.04 Å². The summed E-state index contributed by atoms with van der Waals surface area (Å²) in [6.07, 6.45) is 7.60. The molecule has 2 aromatic rings. The molecule has 1 aliphatic carbocycles. The van der Waals surface area contributed by atoms with E-state index in [0.29, 0.717) is 22.9 Å². The molecule has 1 aliphatic heterocycles. The standard InChI is InChI=1S/C27H33N5O3/c1-17(28-3)7-8-18(2)30-26(33)22-6-4-5-21(15-22)25(20-11-13-29-14-12-20)31-27(34)23-16-24(35-32-23)19-9-10-19/h4-8,15-16,19-20,25,29H,3,9-14H2,1-2H3,(H,30,33)(H,31,34)/b17-7-,18-8+. The van der Waals surface area contributed by atoms with Crippen LogP contribution in [0.5, 0.6) is 0 Å². The van der Waals surface area contributed by atoms with Crippen molar-refractivity contribution in [2.24, 2.45) is 10.9 Å². The van der Waals surface area contributed by atoms with Crippen LogP contribution in [0.15, 0.2) is 63.4 Å². The van der Waals surface area contributed by atoms with E-state index in [9.17, 15) is 9.59 Å². The molecule has 184 valence electrons. The quantitative estimate of drug-likeness (QED) is 0.371. The maximum absolute atomic E-state index is 13.1. The number of carbonyl (C=O) groups is 2. The minimum Gasteiger partial charge on any atom is -0.360 e. The molecular formula is C27H33N5O3. The molecule has 4 rings (SSSR count). The van der Waals surface area contributed by atoms with Gasteiger partial charge in [-0.3, -0.25) is 14.6 Å². The highest BCUT2D eigenvalue weighted by Crippen LogP contribution is 2.40. The largest absolute Gasteiger partial charge is 0.360 e. The number of amides is 2. The maximum atomic E-state index is 13.1. The van der Waals surface area contributed by atoms with Crippen molar-refractivity contribution in [3.8, 4) is 0 Å². The van der Waals surface area contributed by atoms with Crippen LogP contribution in [-0.4, -0.2) is 36.8 Å². The lowest BCUT2D eigenvalue weighted by Crippen LogP contribution is -2.39. The monoisotopic (exact) mass is 475 g/mol. The summed E-state index contributed by atoms with van der Waals surface area (Å²) in [7, 11) is 0. The third-order valence-electron chi connectivity index (χ3n) is 6.53. The Labute approximate surface area is 205 Å². The molecule has 8 nitrogen and oxygen atoms in total. The van der Waals surface area contributed by atoms with Gasteiger partial charge in [-0.2, -0.15) is 0 Å². The smallest absolute Gasteiger partial charge is 0.273 e. The van der Waals surface area contributed by atoms with Gasteiger partial charge >= 0.3 is 0 Å². The molecule has 0 bridgehead atoms. The summed E-state index contributed by atoms with van der Waals surface area (Å²) in [4.78, 5) is 29.8. The first-order chi connectivity index (χ1) is 16.9. The molecular weight excluding hydrogens is 442 g/mol. The van der Waals surface area contributed by atoms with E-state index < -0.39 is 0 Å². The topological polar surface area (TPSA) is 109 Å². The number of aromatic nitrogens is 1. The van der Waals surface area contributed by atoms with Crippen LogP contribution in [0.25, 0.3) is 0 Å². The highest BCUT2D eigenvalue weighted by Gasteiger charge is 2.31. The fourth-order valence-electron chi connectivity index (χ4n) is 4.29. The number of nitrogens with zero attached hydrogens (tertiary/aromatic N) is 2. The Balaban J connectivity index is 1.52. The molecule has 8 heteroatoms. The first-order valence-corrected chi connectivity index (χ1v) is 12.2. The second-order valence-electron chi connectivity index (χ2n) is 9.32. The third-order valence-corrected chi connectivity index (χ3v) is 6.53. The minimum absolute atomic E-state index is 0.209. The van der Waals surface area contributed by atoms with Crippen molar-refractivity contribution in [3.05, 3.63) is 76.5 Å². The molecule has 1 saturated heterocycles. The molecule has 0 radical (unpaired) electrons. The highest BCUT2D eigenvalue weighted by atomic mass is 16.5. The summed E-state index contributed by atoms with van der Waals surface area (Å²) < 4.78 is 5.38. The summed E-state index contributed by atoms with van der Waals surface area (Å²) in [6.45, 7) is 8.93. The first kappa shape index (κ1) is 24.6. The summed E-state index contributed by atoms with van der Waals surface area (Å²) in [5, 5.41) is 13.5. The second kappa shape index (κ2) is 11.3. The lowest BCUT2D eigenvalue weighted by Gasteiger charge is -2.31. The van der Waals surface area contributed by atoms with Gasteiger partial charge in [0.25, 0.3) is 11.8 Å². The second-order valence-corrected chi connectivity index (χ2v) is 9.32. The van der Waals surface area contributed by atoms with Crippen LogP contribution in [0.4, 0.5) is 0 Å². The zero-order chi connectivity index (χ0) is 24.8. The fraction of sp³-hybridized carbons (Fsp3) is 0.407. The number of allylic oxidation sites excluding steroid dienone is 4. The van der Waals surface area contributed by atoms with Gasteiger partial charge in [-0.05, 0) is 95.1 Å². The van der Waals surface area contributed by atoms with Gasteiger partial charge in [-0.15, -0.1) is 0 Å². The van der Waals surface area contributed by atoms with E-state index >= 15 is 0 Å². The van der Waals surface area contributed by atoms with Crippen molar-refractivity contribution in [1.29, 1.82) is 0 Å². The highest BCUT2D eigenvalue weighted by molar-refractivity contribution is 5.95. The number of aliphatic imine (C=N–C) groups is 1. The van der Waals surface area contributed by atoms with Crippen LogP contribution >= 0.6 is 0 Å². The van der Waals surface area contributed by atoms with Gasteiger partial charge in [-0.25, -0.2) is 0 Å². The zero-order valence-corrected chi connectivity index (χ0v) is 20.3. The van der Waals surface area contributed by atoms with Gasteiger partial charge in [0.15, 0.2) is 5.69 Å². The van der Waals surface area contributed by atoms with Crippen LogP contribution in [0, 0.1) is 5.92 Å². The summed E-state index contributed by atoms with van der Waals surface area (Å²) in [6, 6.07) is 8.98. The number of hydrogen-bond acceptors (Lipinski definition) is 6. The van der Waals surface area contributed by atoms with Crippen molar-refractivity contribution >= 4 is 18.5 Å². The molecule has 2 aliphatic rings. The van der Waals surface area contributed by atoms with Crippen LogP contribution < -0.4 is 16.0 Å². The molecule has 3 N–H and O–H groups in total. The number of hydrogen-bond donors (Lipinski definition) is 3. The number of rotatable bonds is 9. The van der Waals surface area contributed by atoms with Crippen molar-refractivity contribution in [3.63, 3.8) is 0 Å². The molecule has 1 aromatic carbocycles. The summed E-state index contributed by atoms with van der Waals surface area (Å²) >= 11 is 0. The van der Waals surface area contributed by atoms with Crippen molar-refractivity contribution < 1.29 is 14.1 Å². The zero-order valence-electron chi connectivity index (χ0n) is 20.3. The SMILES string of the molecule is C=N/C(C)=C\C=C(/C)NC(=O)c1cccc(C(NC(=O)c2cc(C3CC3)on2)C2CCNCC2)c1. The maximum Gasteiger partial charge on any atom is 0.273 e. The molecule has 35 heavy (non-hydrogen) atoms. The van der Waals surface area contributed by atoms with Crippen LogP contribution in [0.2, 0.25) is 0 Å². The summed E-state index contributed by atoms with van der Waals surface area (Å²) in [5.41, 5.74) is 3.19. The predicted molar refractivity (Wildman–Crippen MR) is 135 cm³/mol. The van der Waals surface area contributed by atoms with Crippen molar-refractivity contribution in [1.82, 2.24) is 21.1 Å². The Morgan fingerprint density at radius 1 is 1.14 bits per heavy atom. The Hall–Kier alpha value is -3.52. The normalized spacial score (nSPS) is 18.1. The van der Waals surface area contributed by atoms with E-state index in [4.69, 9.17) is 4.52 Å². The van der Waals surface area contributed by atoms with Crippen LogP contribution in [-0.2, 0) is 0 Å². The van der Waals surface area contributed by atoms with E-state index in [1.54, 1.807) is 24.3 Å². The molecule has 2 fully saturated rings. The van der Waals surface area contributed by atoms with E-state index in [1.807, 2.05) is 32.0 Å². The number of nitrogens with one attached hydrogen (secondary N) is 3. The molecule has 1 atom stereocenters. The Bertz CT molecular complexity index is 1140. The Kier molecular flexibility index (Phi) is 7.92. The third kappa shape index (κ3) is 6.54. The summed E-state index contributed by atoms with van der Waals surface area (Å²) in [5.74, 6) is 0.957. The van der Waals surface area contributed by atoms with Crippen LogP contribution in [0.3, 0.4) is 0 Å². The molecule has 1 saturated carbocycles. The lowest BCUT2D eigenvalue weighted by atomic mass is 9.85. The molecule has 0 spiro atoms. The van der Waals surface area contributed by atoms with Gasteiger partial charge in [0.2, 0.25) is 0 Å². The Morgan fingerprint density at radius 3 is 2.63 bits per heavy atom. The van der Waals surface area contributed by atoms with E-state index in [1.165, 1.54) is 0 Å². The van der Waals surface area contributed by atoms with Crippen LogP contribution in [0.1, 0.15) is 83.7 Å². The molecule has 2 amide bonds. The van der Waals surface area contributed by atoms with Gasteiger partial charge in [-0.1, -0.05) is 17.3 Å². The van der Waals surface area contributed by atoms with E-state index in [2.05, 4.69) is 32.8 Å². The van der Waals surface area contributed by atoms with Gasteiger partial charge < -0.3 is 20.5 Å². The van der Waals surface area contributed by atoms with Crippen molar-refractivity contribution in [2.75, 3.05) is 13.1 Å². The fourth-order valence-corrected chi connectivity index (χ4v) is 4.29. The number of benzene rings is 1. The minimum atomic E-state index is -0.254. The average molecular weight is 476 g/mol. The van der Waals surface area contributed by atoms with Gasteiger partial charge in [0.1, 0.15) is 5.76 Å². The molecule has 2 heterocycles. The average Bonchev–Trinajstić information content (AvgIpc) is 3.62. The molecule has 1 unspecified atom stereocenters. The van der Waals surface area contributed by atoms with E-state index in [-0.39, 0.29) is 23.8 Å². The number of carbonyl (C=O) groups excluding carboxylic acids is 2. The predicted octanol–water partition coefficient (Wildman–Crippen LogP) is 4.26. The van der Waals surface area contributed by atoms with E-state index in [0.717, 1.165) is 55.8 Å². The molecule has 1 aromatic heterocycles. The Morgan fingerprint density at radius 2 is 1.91 bits per heavy atom. The number of piperidine rings is 1.